The molecule has 0 aromatic carbocycles. The van der Waals surface area contributed by atoms with E-state index in [2.05, 4.69) is 6.92 Å². The first-order chi connectivity index (χ1) is 5.74. The van der Waals surface area contributed by atoms with Crippen LogP contribution in [0.1, 0.15) is 19.1 Å². The van der Waals surface area contributed by atoms with Crippen molar-refractivity contribution in [2.75, 3.05) is 5.75 Å². The highest BCUT2D eigenvalue weighted by atomic mass is 32.2. The van der Waals surface area contributed by atoms with Crippen molar-refractivity contribution in [1.82, 2.24) is 0 Å². The van der Waals surface area contributed by atoms with Crippen molar-refractivity contribution in [3.05, 3.63) is 18.1 Å². The van der Waals surface area contributed by atoms with Gasteiger partial charge in [0.1, 0.15) is 5.76 Å². The van der Waals surface area contributed by atoms with Crippen molar-refractivity contribution in [2.45, 2.75) is 31.2 Å². The maximum atomic E-state index is 5.79. The van der Waals surface area contributed by atoms with Crippen LogP contribution in [0.5, 0.6) is 0 Å². The summed E-state index contributed by atoms with van der Waals surface area (Å²) in [7, 11) is 0. The molecule has 0 spiro atoms. The summed E-state index contributed by atoms with van der Waals surface area (Å²) in [5.74, 6) is 1.96. The van der Waals surface area contributed by atoms with Gasteiger partial charge in [0.25, 0.3) is 0 Å². The highest BCUT2D eigenvalue weighted by Gasteiger charge is 2.04. The van der Waals surface area contributed by atoms with E-state index in [1.807, 2.05) is 13.0 Å². The Kier molecular flexibility index (Phi) is 3.69. The summed E-state index contributed by atoms with van der Waals surface area (Å²) in [6.07, 6.45) is 2.75. The van der Waals surface area contributed by atoms with E-state index < -0.39 is 0 Å². The van der Waals surface area contributed by atoms with Gasteiger partial charge < -0.3 is 10.2 Å². The molecule has 1 atom stereocenters. The van der Waals surface area contributed by atoms with Gasteiger partial charge in [0, 0.05) is 16.7 Å². The van der Waals surface area contributed by atoms with Crippen LogP contribution in [-0.4, -0.2) is 11.8 Å². The summed E-state index contributed by atoms with van der Waals surface area (Å²) in [6.45, 7) is 4.08. The minimum Gasteiger partial charge on any atom is -0.468 e. The van der Waals surface area contributed by atoms with E-state index in [1.165, 1.54) is 4.90 Å². The summed E-state index contributed by atoms with van der Waals surface area (Å²) in [6, 6.07) is 2.28. The lowest BCUT2D eigenvalue weighted by molar-refractivity contribution is 0.527. The molecule has 1 unspecified atom stereocenters. The molecule has 0 radical (unpaired) electrons. The zero-order chi connectivity index (χ0) is 8.97. The van der Waals surface area contributed by atoms with Crippen molar-refractivity contribution in [2.24, 2.45) is 5.73 Å². The molecule has 0 fully saturated rings. The normalized spacial score (nSPS) is 13.2. The SMILES string of the molecule is CCC(N)CSc1ccoc1C. The molecule has 0 bridgehead atoms. The maximum absolute atomic E-state index is 5.79. The van der Waals surface area contributed by atoms with Gasteiger partial charge >= 0.3 is 0 Å². The van der Waals surface area contributed by atoms with Crippen LogP contribution < -0.4 is 5.73 Å². The van der Waals surface area contributed by atoms with Gasteiger partial charge in [-0.25, -0.2) is 0 Å². The zero-order valence-corrected chi connectivity index (χ0v) is 8.36. The number of aryl methyl sites for hydroxylation is 1. The first-order valence-electron chi connectivity index (χ1n) is 4.16. The molecule has 0 amide bonds. The molecule has 1 rings (SSSR count). The monoisotopic (exact) mass is 185 g/mol. The summed E-state index contributed by atoms with van der Waals surface area (Å²) in [5, 5.41) is 0. The minimum atomic E-state index is 0.296. The van der Waals surface area contributed by atoms with Gasteiger partial charge in [-0.2, -0.15) is 0 Å². The van der Waals surface area contributed by atoms with E-state index in [4.69, 9.17) is 10.2 Å². The fourth-order valence-corrected chi connectivity index (χ4v) is 1.87. The van der Waals surface area contributed by atoms with E-state index >= 15 is 0 Å². The molecule has 2 nitrogen and oxygen atoms in total. The van der Waals surface area contributed by atoms with Crippen LogP contribution in [0, 0.1) is 6.92 Å². The molecule has 0 saturated carbocycles. The van der Waals surface area contributed by atoms with Gasteiger partial charge in [-0.3, -0.25) is 0 Å². The summed E-state index contributed by atoms with van der Waals surface area (Å²) in [4.78, 5) is 1.21. The Hall–Kier alpha value is -0.410. The molecule has 1 aromatic heterocycles. The smallest absolute Gasteiger partial charge is 0.114 e. The molecule has 2 N–H and O–H groups in total. The molecular weight excluding hydrogens is 170 g/mol. The Bertz CT molecular complexity index is 234. The lowest BCUT2D eigenvalue weighted by atomic mass is 10.3. The first kappa shape index (κ1) is 9.68. The zero-order valence-electron chi connectivity index (χ0n) is 7.54. The average molecular weight is 185 g/mol. The third-order valence-electron chi connectivity index (χ3n) is 1.79. The van der Waals surface area contributed by atoms with E-state index in [0.29, 0.717) is 6.04 Å². The minimum absolute atomic E-state index is 0.296. The van der Waals surface area contributed by atoms with Crippen LogP contribution in [0.2, 0.25) is 0 Å². The molecule has 0 saturated heterocycles. The van der Waals surface area contributed by atoms with Crippen LogP contribution in [0.3, 0.4) is 0 Å². The molecule has 0 aliphatic heterocycles. The van der Waals surface area contributed by atoms with Crippen molar-refractivity contribution in [3.8, 4) is 0 Å². The lowest BCUT2D eigenvalue weighted by Gasteiger charge is -2.06. The van der Waals surface area contributed by atoms with Crippen molar-refractivity contribution < 1.29 is 4.42 Å². The Morgan fingerprint density at radius 1 is 1.67 bits per heavy atom. The van der Waals surface area contributed by atoms with E-state index in [0.717, 1.165) is 17.9 Å². The van der Waals surface area contributed by atoms with E-state index in [9.17, 15) is 0 Å². The highest BCUT2D eigenvalue weighted by Crippen LogP contribution is 2.23. The average Bonchev–Trinajstić information content (AvgIpc) is 2.47. The molecule has 12 heavy (non-hydrogen) atoms. The topological polar surface area (TPSA) is 39.2 Å². The third kappa shape index (κ3) is 2.57. The molecule has 0 aliphatic rings. The lowest BCUT2D eigenvalue weighted by Crippen LogP contribution is -2.21. The van der Waals surface area contributed by atoms with Crippen molar-refractivity contribution >= 4 is 11.8 Å². The number of nitrogens with two attached hydrogens (primary N) is 1. The fraction of sp³-hybridized carbons (Fsp3) is 0.556. The second-order valence-electron chi connectivity index (χ2n) is 2.82. The number of thioether (sulfide) groups is 1. The number of furan rings is 1. The first-order valence-corrected chi connectivity index (χ1v) is 5.15. The van der Waals surface area contributed by atoms with E-state index in [1.54, 1.807) is 18.0 Å². The van der Waals surface area contributed by atoms with Crippen LogP contribution in [-0.2, 0) is 0 Å². The van der Waals surface area contributed by atoms with Crippen LogP contribution in [0.25, 0.3) is 0 Å². The van der Waals surface area contributed by atoms with Crippen molar-refractivity contribution in [1.29, 1.82) is 0 Å². The van der Waals surface area contributed by atoms with Gasteiger partial charge in [0.05, 0.1) is 6.26 Å². The summed E-state index contributed by atoms with van der Waals surface area (Å²) >= 11 is 1.77. The summed E-state index contributed by atoms with van der Waals surface area (Å²) in [5.41, 5.74) is 5.79. The Morgan fingerprint density at radius 2 is 2.42 bits per heavy atom. The van der Waals surface area contributed by atoms with Gasteiger partial charge in [-0.05, 0) is 19.4 Å². The molecule has 68 valence electrons. The van der Waals surface area contributed by atoms with E-state index in [-0.39, 0.29) is 0 Å². The Morgan fingerprint density at radius 3 is 2.92 bits per heavy atom. The quantitative estimate of drug-likeness (QED) is 0.732. The second-order valence-corrected chi connectivity index (χ2v) is 3.88. The maximum Gasteiger partial charge on any atom is 0.114 e. The van der Waals surface area contributed by atoms with Gasteiger partial charge in [-0.15, -0.1) is 11.8 Å². The third-order valence-corrected chi connectivity index (χ3v) is 3.12. The summed E-state index contributed by atoms with van der Waals surface area (Å²) < 4.78 is 5.17. The molecule has 1 aromatic rings. The van der Waals surface area contributed by atoms with Crippen molar-refractivity contribution in [3.63, 3.8) is 0 Å². The molecule has 0 aliphatic carbocycles. The van der Waals surface area contributed by atoms with Crippen LogP contribution in [0.4, 0.5) is 0 Å². The number of rotatable bonds is 4. The van der Waals surface area contributed by atoms with Crippen LogP contribution >= 0.6 is 11.8 Å². The molecule has 3 heteroatoms. The predicted molar refractivity (Wildman–Crippen MR) is 52.4 cm³/mol. The van der Waals surface area contributed by atoms with Gasteiger partial charge in [0.2, 0.25) is 0 Å². The number of hydrogen-bond acceptors (Lipinski definition) is 3. The standard InChI is InChI=1S/C9H15NOS/c1-3-8(10)6-12-9-4-5-11-7(9)2/h4-5,8H,3,6,10H2,1-2H3. The molecule has 1 heterocycles. The highest BCUT2D eigenvalue weighted by molar-refractivity contribution is 7.99. The van der Waals surface area contributed by atoms with Gasteiger partial charge in [-0.1, -0.05) is 6.92 Å². The fourth-order valence-electron chi connectivity index (χ4n) is 0.838. The Balaban J connectivity index is 2.38. The van der Waals surface area contributed by atoms with Gasteiger partial charge in [0.15, 0.2) is 0 Å². The number of hydrogen-bond donors (Lipinski definition) is 1. The Labute approximate surface area is 77.5 Å². The second kappa shape index (κ2) is 4.58. The predicted octanol–water partition coefficient (Wildman–Crippen LogP) is 2.42. The molecular formula is C9H15NOS. The van der Waals surface area contributed by atoms with Crippen LogP contribution in [0.15, 0.2) is 21.6 Å². The largest absolute Gasteiger partial charge is 0.468 e.